The van der Waals surface area contributed by atoms with Crippen molar-refractivity contribution < 1.29 is 24.3 Å². The molecule has 1 fully saturated rings. The zero-order chi connectivity index (χ0) is 19.3. The number of thioether (sulfide) groups is 1. The molecular weight excluding hydrogens is 358 g/mol. The van der Waals surface area contributed by atoms with Crippen LogP contribution in [0.3, 0.4) is 0 Å². The quantitative estimate of drug-likeness (QED) is 0.683. The maximum Gasteiger partial charge on any atom is 0.325 e. The Balaban J connectivity index is 1.98. The number of nitrogens with one attached hydrogen (secondary N) is 2. The molecule has 1 saturated heterocycles. The van der Waals surface area contributed by atoms with Gasteiger partial charge in [0.05, 0.1) is 5.88 Å². The molecule has 1 aliphatic heterocycles. The van der Waals surface area contributed by atoms with Crippen LogP contribution in [0.15, 0.2) is 24.3 Å². The number of hydrogen-bond donors (Lipinski definition) is 3. The summed E-state index contributed by atoms with van der Waals surface area (Å²) in [6.45, 7) is 3.13. The highest BCUT2D eigenvalue weighted by atomic mass is 32.2. The molecular formula is C17H21N3O5S. The average Bonchev–Trinajstić information content (AvgIpc) is 3.11. The summed E-state index contributed by atoms with van der Waals surface area (Å²) < 4.78 is 0. The summed E-state index contributed by atoms with van der Waals surface area (Å²) in [5, 5.41) is 13.9. The van der Waals surface area contributed by atoms with Gasteiger partial charge in [-0.05, 0) is 31.2 Å². The molecule has 2 rings (SSSR count). The lowest BCUT2D eigenvalue weighted by Gasteiger charge is -2.22. The van der Waals surface area contributed by atoms with Gasteiger partial charge >= 0.3 is 5.97 Å². The van der Waals surface area contributed by atoms with Gasteiger partial charge in [0.25, 0.3) is 5.91 Å². The molecule has 2 atom stereocenters. The third kappa shape index (κ3) is 4.75. The van der Waals surface area contributed by atoms with Gasteiger partial charge < -0.3 is 20.6 Å². The van der Waals surface area contributed by atoms with Crippen molar-refractivity contribution in [3.63, 3.8) is 0 Å². The predicted octanol–water partition coefficient (Wildman–Crippen LogP) is 1.14. The van der Waals surface area contributed by atoms with E-state index in [2.05, 4.69) is 10.6 Å². The highest BCUT2D eigenvalue weighted by molar-refractivity contribution is 7.99. The molecule has 3 N–H and O–H groups in total. The van der Waals surface area contributed by atoms with Crippen LogP contribution in [0.4, 0.5) is 5.69 Å². The van der Waals surface area contributed by atoms with E-state index in [1.807, 2.05) is 0 Å². The van der Waals surface area contributed by atoms with Gasteiger partial charge in [0.15, 0.2) is 0 Å². The van der Waals surface area contributed by atoms with E-state index in [-0.39, 0.29) is 17.4 Å². The summed E-state index contributed by atoms with van der Waals surface area (Å²) in [5.41, 5.74) is 0.786. The molecule has 2 unspecified atom stereocenters. The Morgan fingerprint density at radius 2 is 1.92 bits per heavy atom. The van der Waals surface area contributed by atoms with Gasteiger partial charge in [-0.15, -0.1) is 11.8 Å². The van der Waals surface area contributed by atoms with Gasteiger partial charge in [-0.2, -0.15) is 0 Å². The fourth-order valence-electron chi connectivity index (χ4n) is 2.38. The van der Waals surface area contributed by atoms with Crippen LogP contribution >= 0.6 is 11.8 Å². The lowest BCUT2D eigenvalue weighted by atomic mass is 10.1. The van der Waals surface area contributed by atoms with E-state index >= 15 is 0 Å². The Morgan fingerprint density at radius 1 is 1.27 bits per heavy atom. The fourth-order valence-corrected chi connectivity index (χ4v) is 3.56. The van der Waals surface area contributed by atoms with Crippen LogP contribution in [-0.2, 0) is 14.4 Å². The standard InChI is InChI=1S/C17H21N3O5S/c1-3-14(21)20-9-26-8-13(20)16(23)19-12-6-4-11(5-7-12)15(22)18-10(2)17(24)25/h4-7,10,13H,3,8-9H2,1-2H3,(H,18,22)(H,19,23)(H,24,25). The summed E-state index contributed by atoms with van der Waals surface area (Å²) in [4.78, 5) is 48.6. The van der Waals surface area contributed by atoms with Crippen molar-refractivity contribution in [2.75, 3.05) is 16.9 Å². The van der Waals surface area contributed by atoms with Crippen LogP contribution < -0.4 is 10.6 Å². The van der Waals surface area contributed by atoms with E-state index in [9.17, 15) is 19.2 Å². The maximum absolute atomic E-state index is 12.4. The lowest BCUT2D eigenvalue weighted by Crippen LogP contribution is -2.44. The Kier molecular flexibility index (Phi) is 6.62. The van der Waals surface area contributed by atoms with Crippen molar-refractivity contribution in [2.45, 2.75) is 32.4 Å². The molecule has 1 aromatic carbocycles. The second-order valence-corrected chi connectivity index (χ2v) is 6.83. The predicted molar refractivity (Wildman–Crippen MR) is 97.9 cm³/mol. The Hall–Kier alpha value is -2.55. The molecule has 8 nitrogen and oxygen atoms in total. The first-order valence-corrected chi connectivity index (χ1v) is 9.30. The summed E-state index contributed by atoms with van der Waals surface area (Å²) in [7, 11) is 0. The highest BCUT2D eigenvalue weighted by Crippen LogP contribution is 2.23. The number of hydrogen-bond acceptors (Lipinski definition) is 5. The molecule has 1 aliphatic rings. The van der Waals surface area contributed by atoms with Crippen LogP contribution in [0.2, 0.25) is 0 Å². The van der Waals surface area contributed by atoms with E-state index in [4.69, 9.17) is 5.11 Å². The first kappa shape index (κ1) is 19.8. The van der Waals surface area contributed by atoms with E-state index in [1.54, 1.807) is 24.0 Å². The van der Waals surface area contributed by atoms with Crippen molar-refractivity contribution in [1.29, 1.82) is 0 Å². The van der Waals surface area contributed by atoms with Crippen molar-refractivity contribution in [2.24, 2.45) is 0 Å². The smallest absolute Gasteiger partial charge is 0.325 e. The van der Waals surface area contributed by atoms with Gasteiger partial charge in [-0.1, -0.05) is 6.92 Å². The average molecular weight is 379 g/mol. The summed E-state index contributed by atoms with van der Waals surface area (Å²) in [6.07, 6.45) is 0.350. The third-order valence-corrected chi connectivity index (χ3v) is 4.95. The van der Waals surface area contributed by atoms with Crippen LogP contribution in [-0.4, -0.2) is 57.4 Å². The first-order valence-electron chi connectivity index (χ1n) is 8.15. The van der Waals surface area contributed by atoms with E-state index < -0.39 is 24.0 Å². The van der Waals surface area contributed by atoms with Crippen LogP contribution in [0.1, 0.15) is 30.6 Å². The molecule has 26 heavy (non-hydrogen) atoms. The van der Waals surface area contributed by atoms with E-state index in [1.165, 1.54) is 30.8 Å². The molecule has 0 aliphatic carbocycles. The topological polar surface area (TPSA) is 116 Å². The van der Waals surface area contributed by atoms with E-state index in [0.717, 1.165) is 0 Å². The maximum atomic E-state index is 12.4. The molecule has 140 valence electrons. The summed E-state index contributed by atoms with van der Waals surface area (Å²) >= 11 is 1.53. The summed E-state index contributed by atoms with van der Waals surface area (Å²) in [6, 6.07) is 4.62. The second-order valence-electron chi connectivity index (χ2n) is 5.83. The number of benzene rings is 1. The molecule has 9 heteroatoms. The Labute approximate surface area is 155 Å². The molecule has 3 amide bonds. The lowest BCUT2D eigenvalue weighted by molar-refractivity contribution is -0.138. The molecule has 0 radical (unpaired) electrons. The molecule has 0 bridgehead atoms. The number of rotatable bonds is 6. The fraction of sp³-hybridized carbons (Fsp3) is 0.412. The van der Waals surface area contributed by atoms with Crippen molar-refractivity contribution in [1.82, 2.24) is 10.2 Å². The third-order valence-electron chi connectivity index (χ3n) is 3.94. The molecule has 0 saturated carbocycles. The van der Waals surface area contributed by atoms with Crippen molar-refractivity contribution >= 4 is 41.1 Å². The molecule has 0 spiro atoms. The minimum atomic E-state index is -1.12. The number of carboxylic acid groups (broad SMARTS) is 1. The number of anilines is 1. The van der Waals surface area contributed by atoms with Gasteiger partial charge in [0.1, 0.15) is 12.1 Å². The minimum Gasteiger partial charge on any atom is -0.480 e. The van der Waals surface area contributed by atoms with E-state index in [0.29, 0.717) is 23.7 Å². The van der Waals surface area contributed by atoms with Gasteiger partial charge in [-0.3, -0.25) is 19.2 Å². The van der Waals surface area contributed by atoms with Crippen LogP contribution in [0.25, 0.3) is 0 Å². The van der Waals surface area contributed by atoms with Crippen molar-refractivity contribution in [3.05, 3.63) is 29.8 Å². The van der Waals surface area contributed by atoms with Gasteiger partial charge in [0, 0.05) is 23.4 Å². The van der Waals surface area contributed by atoms with Gasteiger partial charge in [0.2, 0.25) is 11.8 Å². The summed E-state index contributed by atoms with van der Waals surface area (Å²) in [5.74, 6) is -0.910. The number of carbonyl (C=O) groups excluding carboxylic acids is 3. The number of aliphatic carboxylic acids is 1. The first-order chi connectivity index (χ1) is 12.3. The Bertz CT molecular complexity index is 707. The number of carboxylic acids is 1. The molecule has 0 aromatic heterocycles. The number of carbonyl (C=O) groups is 4. The normalized spacial score (nSPS) is 17.5. The zero-order valence-electron chi connectivity index (χ0n) is 14.5. The number of amides is 3. The SMILES string of the molecule is CCC(=O)N1CSCC1C(=O)Nc1ccc(C(=O)NC(C)C(=O)O)cc1. The monoisotopic (exact) mass is 379 g/mol. The second kappa shape index (κ2) is 8.70. The largest absolute Gasteiger partial charge is 0.480 e. The highest BCUT2D eigenvalue weighted by Gasteiger charge is 2.33. The number of nitrogens with zero attached hydrogens (tertiary/aromatic N) is 1. The van der Waals surface area contributed by atoms with Crippen LogP contribution in [0.5, 0.6) is 0 Å². The molecule has 1 aromatic rings. The zero-order valence-corrected chi connectivity index (χ0v) is 15.3. The minimum absolute atomic E-state index is 0.0604. The van der Waals surface area contributed by atoms with Crippen molar-refractivity contribution in [3.8, 4) is 0 Å². The van der Waals surface area contributed by atoms with Crippen LogP contribution in [0, 0.1) is 0 Å². The van der Waals surface area contributed by atoms with Gasteiger partial charge in [-0.25, -0.2) is 0 Å². The Morgan fingerprint density at radius 3 is 2.50 bits per heavy atom. The molecule has 1 heterocycles.